The van der Waals surface area contributed by atoms with Crippen LogP contribution in [0, 0.1) is 12.1 Å². The summed E-state index contributed by atoms with van der Waals surface area (Å²) < 4.78 is 3.30. The SMILES string of the molecule is Cc1ccn2nc(CCc3nc(N4CCCC4)nn3C)nc2c1N([O-])O. The Morgan fingerprint density at radius 3 is 2.69 bits per heavy atom. The zero-order valence-electron chi connectivity index (χ0n) is 14.8. The first-order chi connectivity index (χ1) is 12.5. The van der Waals surface area contributed by atoms with Crippen LogP contribution in [-0.4, -0.2) is 47.7 Å². The Morgan fingerprint density at radius 1 is 1.19 bits per heavy atom. The number of pyridine rings is 1. The van der Waals surface area contributed by atoms with Gasteiger partial charge in [-0.05, 0) is 31.4 Å². The molecule has 0 aromatic carbocycles. The fraction of sp³-hybridized carbons (Fsp3) is 0.500. The van der Waals surface area contributed by atoms with Crippen LogP contribution in [-0.2, 0) is 19.9 Å². The molecule has 0 amide bonds. The lowest BCUT2D eigenvalue weighted by atomic mass is 10.2. The fourth-order valence-corrected chi connectivity index (χ4v) is 3.31. The van der Waals surface area contributed by atoms with Crippen molar-refractivity contribution in [3.63, 3.8) is 0 Å². The molecule has 0 bridgehead atoms. The molecular weight excluding hydrogens is 336 g/mol. The fourth-order valence-electron chi connectivity index (χ4n) is 3.31. The van der Waals surface area contributed by atoms with Gasteiger partial charge < -0.3 is 15.3 Å². The van der Waals surface area contributed by atoms with E-state index in [1.165, 1.54) is 17.4 Å². The van der Waals surface area contributed by atoms with Gasteiger partial charge in [0.15, 0.2) is 11.5 Å². The van der Waals surface area contributed by atoms with Crippen molar-refractivity contribution in [2.45, 2.75) is 32.6 Å². The summed E-state index contributed by atoms with van der Waals surface area (Å²) in [6.45, 7) is 3.75. The van der Waals surface area contributed by atoms with Crippen molar-refractivity contribution in [3.05, 3.63) is 34.7 Å². The van der Waals surface area contributed by atoms with E-state index in [1.807, 2.05) is 7.05 Å². The first-order valence-corrected chi connectivity index (χ1v) is 8.69. The van der Waals surface area contributed by atoms with Gasteiger partial charge in [0.05, 0.1) is 5.69 Å². The highest BCUT2D eigenvalue weighted by molar-refractivity contribution is 5.71. The van der Waals surface area contributed by atoms with Crippen molar-refractivity contribution >= 4 is 17.3 Å². The zero-order chi connectivity index (χ0) is 18.3. The van der Waals surface area contributed by atoms with Crippen LogP contribution < -0.4 is 10.1 Å². The van der Waals surface area contributed by atoms with Crippen molar-refractivity contribution in [1.29, 1.82) is 0 Å². The van der Waals surface area contributed by atoms with Crippen molar-refractivity contribution in [3.8, 4) is 0 Å². The first-order valence-electron chi connectivity index (χ1n) is 8.69. The molecule has 1 saturated heterocycles. The third-order valence-corrected chi connectivity index (χ3v) is 4.72. The van der Waals surface area contributed by atoms with E-state index in [0.29, 0.717) is 29.9 Å². The van der Waals surface area contributed by atoms with E-state index in [0.717, 1.165) is 24.9 Å². The monoisotopic (exact) mass is 357 g/mol. The molecule has 10 heteroatoms. The van der Waals surface area contributed by atoms with Gasteiger partial charge in [-0.25, -0.2) is 9.50 Å². The molecule has 0 atom stereocenters. The predicted octanol–water partition coefficient (Wildman–Crippen LogP) is 1.25. The molecule has 1 N–H and O–H groups in total. The number of hydrogen-bond donors (Lipinski definition) is 1. The highest BCUT2D eigenvalue weighted by Crippen LogP contribution is 2.23. The Morgan fingerprint density at radius 2 is 1.96 bits per heavy atom. The second-order valence-electron chi connectivity index (χ2n) is 6.56. The Kier molecular flexibility index (Phi) is 4.21. The summed E-state index contributed by atoms with van der Waals surface area (Å²) in [5.74, 6) is 2.24. The molecule has 26 heavy (non-hydrogen) atoms. The van der Waals surface area contributed by atoms with Crippen molar-refractivity contribution in [2.24, 2.45) is 7.05 Å². The molecule has 0 spiro atoms. The van der Waals surface area contributed by atoms with Crippen LogP contribution in [0.3, 0.4) is 0 Å². The summed E-state index contributed by atoms with van der Waals surface area (Å²) in [5, 5.41) is 29.5. The van der Waals surface area contributed by atoms with E-state index in [9.17, 15) is 10.4 Å². The molecule has 138 valence electrons. The molecule has 3 aromatic heterocycles. The Balaban J connectivity index is 1.54. The number of hydrogen-bond acceptors (Lipinski definition) is 8. The van der Waals surface area contributed by atoms with Gasteiger partial charge in [0, 0.05) is 39.2 Å². The van der Waals surface area contributed by atoms with Gasteiger partial charge in [0.1, 0.15) is 5.82 Å². The molecule has 0 aliphatic carbocycles. The summed E-state index contributed by atoms with van der Waals surface area (Å²) >= 11 is 0. The van der Waals surface area contributed by atoms with Crippen LogP contribution in [0.25, 0.3) is 5.65 Å². The summed E-state index contributed by atoms with van der Waals surface area (Å²) in [5.41, 5.74) is 1.09. The van der Waals surface area contributed by atoms with Gasteiger partial charge in [-0.2, -0.15) is 10.1 Å². The van der Waals surface area contributed by atoms with Gasteiger partial charge in [-0.1, -0.05) is 0 Å². The second kappa shape index (κ2) is 6.54. The van der Waals surface area contributed by atoms with Gasteiger partial charge >= 0.3 is 0 Å². The average molecular weight is 357 g/mol. The number of aromatic nitrogens is 6. The van der Waals surface area contributed by atoms with Crippen LogP contribution >= 0.6 is 0 Å². The summed E-state index contributed by atoms with van der Waals surface area (Å²) in [6, 6.07) is 1.72. The molecule has 0 saturated carbocycles. The van der Waals surface area contributed by atoms with E-state index in [-0.39, 0.29) is 10.9 Å². The molecule has 1 fully saturated rings. The molecule has 4 heterocycles. The summed E-state index contributed by atoms with van der Waals surface area (Å²) in [6.07, 6.45) is 5.30. The van der Waals surface area contributed by atoms with Crippen LogP contribution in [0.4, 0.5) is 11.6 Å². The van der Waals surface area contributed by atoms with Crippen LogP contribution in [0.1, 0.15) is 30.1 Å². The second-order valence-corrected chi connectivity index (χ2v) is 6.56. The van der Waals surface area contributed by atoms with Gasteiger partial charge in [0.25, 0.3) is 0 Å². The molecule has 1 aliphatic rings. The average Bonchev–Trinajstić information content (AvgIpc) is 3.31. The molecule has 10 nitrogen and oxygen atoms in total. The highest BCUT2D eigenvalue weighted by Gasteiger charge is 2.18. The van der Waals surface area contributed by atoms with Crippen LogP contribution in [0.5, 0.6) is 0 Å². The lowest BCUT2D eigenvalue weighted by Gasteiger charge is -2.23. The van der Waals surface area contributed by atoms with E-state index >= 15 is 0 Å². The van der Waals surface area contributed by atoms with E-state index in [4.69, 9.17) is 0 Å². The molecule has 1 aliphatic heterocycles. The molecule has 0 unspecified atom stereocenters. The zero-order valence-corrected chi connectivity index (χ0v) is 14.8. The largest absolute Gasteiger partial charge is 0.733 e. The molecule has 3 aromatic rings. The summed E-state index contributed by atoms with van der Waals surface area (Å²) in [7, 11) is 1.89. The standard InChI is InChI=1S/C16H21N8O2/c1-11-7-10-23-15(14(11)24(25)26)17-12(19-23)5-6-13-18-16(20-21(13)2)22-8-3-4-9-22/h7,10,25H,3-6,8-9H2,1-2H3/q-1. The quantitative estimate of drug-likeness (QED) is 0.679. The van der Waals surface area contributed by atoms with E-state index in [2.05, 4.69) is 25.1 Å². The van der Waals surface area contributed by atoms with Crippen molar-refractivity contribution < 1.29 is 5.21 Å². The number of nitrogens with zero attached hydrogens (tertiary/aromatic N) is 8. The topological polar surface area (TPSA) is 111 Å². The van der Waals surface area contributed by atoms with Crippen molar-refractivity contribution in [2.75, 3.05) is 23.2 Å². The van der Waals surface area contributed by atoms with Gasteiger partial charge in [-0.3, -0.25) is 9.89 Å². The maximum absolute atomic E-state index is 11.4. The number of rotatable bonds is 5. The van der Waals surface area contributed by atoms with E-state index in [1.54, 1.807) is 23.9 Å². The number of fused-ring (bicyclic) bond motifs is 1. The molecule has 4 rings (SSSR count). The van der Waals surface area contributed by atoms with Crippen molar-refractivity contribution in [1.82, 2.24) is 29.4 Å². The molecule has 0 radical (unpaired) electrons. The number of aryl methyl sites for hydroxylation is 4. The maximum atomic E-state index is 11.4. The summed E-state index contributed by atoms with van der Waals surface area (Å²) in [4.78, 5) is 11.2. The normalized spacial score (nSPS) is 14.5. The lowest BCUT2D eigenvalue weighted by molar-refractivity contribution is 0.296. The van der Waals surface area contributed by atoms with Gasteiger partial charge in [-0.15, -0.1) is 5.10 Å². The minimum Gasteiger partial charge on any atom is -0.733 e. The highest BCUT2D eigenvalue weighted by atomic mass is 16.8. The molecular formula is C16H21N8O2-. The third kappa shape index (κ3) is 2.97. The lowest BCUT2D eigenvalue weighted by Crippen LogP contribution is -2.19. The minimum absolute atomic E-state index is 0.112. The first kappa shape index (κ1) is 16.7. The van der Waals surface area contributed by atoms with Gasteiger partial charge in [0.2, 0.25) is 5.95 Å². The number of anilines is 2. The smallest absolute Gasteiger partial charge is 0.244 e. The predicted molar refractivity (Wildman–Crippen MR) is 95.2 cm³/mol. The Bertz CT molecular complexity index is 926. The third-order valence-electron chi connectivity index (χ3n) is 4.72. The Labute approximate surface area is 150 Å². The Hall–Kier alpha value is -2.72. The minimum atomic E-state index is -0.159. The maximum Gasteiger partial charge on any atom is 0.244 e. The van der Waals surface area contributed by atoms with Crippen LogP contribution in [0.2, 0.25) is 0 Å². The van der Waals surface area contributed by atoms with Crippen LogP contribution in [0.15, 0.2) is 12.3 Å². The van der Waals surface area contributed by atoms with E-state index < -0.39 is 0 Å².